The van der Waals surface area contributed by atoms with Gasteiger partial charge in [0.05, 0.1) is 11.4 Å². The Labute approximate surface area is 302 Å². The van der Waals surface area contributed by atoms with Gasteiger partial charge in [0.2, 0.25) is 0 Å². The van der Waals surface area contributed by atoms with E-state index in [1.165, 1.54) is 49.0 Å². The minimum absolute atomic E-state index is 0.872. The fraction of sp³-hybridized carbons (Fsp3) is 0. The lowest BCUT2D eigenvalue weighted by Crippen LogP contribution is -2.12. The number of nitrogens with zero attached hydrogens (tertiary/aromatic N) is 1. The van der Waals surface area contributed by atoms with Gasteiger partial charge in [-0.25, -0.2) is 0 Å². The van der Waals surface area contributed by atoms with Gasteiger partial charge in [0.25, 0.3) is 0 Å². The predicted molar refractivity (Wildman–Crippen MR) is 220 cm³/mol. The van der Waals surface area contributed by atoms with E-state index in [0.717, 1.165) is 44.9 Å². The molecule has 0 fully saturated rings. The Morgan fingerprint density at radius 2 is 1.00 bits per heavy atom. The molecule has 0 saturated heterocycles. The van der Waals surface area contributed by atoms with Crippen LogP contribution in [0.15, 0.2) is 205 Å². The Morgan fingerprint density at radius 1 is 0.327 bits per heavy atom. The highest BCUT2D eigenvalue weighted by atomic mass is 16.3. The van der Waals surface area contributed by atoms with Crippen molar-refractivity contribution in [3.05, 3.63) is 200 Å². The lowest BCUT2D eigenvalue weighted by molar-refractivity contribution is 0.631. The summed E-state index contributed by atoms with van der Waals surface area (Å²) in [6.07, 6.45) is 0. The van der Waals surface area contributed by atoms with Crippen molar-refractivity contribution in [2.45, 2.75) is 0 Å². The third-order valence-electron chi connectivity index (χ3n) is 10.2. The molecule has 2 nitrogen and oxygen atoms in total. The first-order valence-electron chi connectivity index (χ1n) is 17.8. The molecule has 0 radical (unpaired) electrons. The van der Waals surface area contributed by atoms with Crippen LogP contribution in [0.4, 0.5) is 17.1 Å². The van der Waals surface area contributed by atoms with Crippen LogP contribution in [0.25, 0.3) is 76.9 Å². The zero-order valence-corrected chi connectivity index (χ0v) is 28.4. The van der Waals surface area contributed by atoms with E-state index in [9.17, 15) is 0 Å². The highest BCUT2D eigenvalue weighted by Crippen LogP contribution is 2.46. The largest absolute Gasteiger partial charge is 0.456 e. The van der Waals surface area contributed by atoms with Crippen molar-refractivity contribution in [2.24, 2.45) is 0 Å². The van der Waals surface area contributed by atoms with E-state index < -0.39 is 0 Å². The quantitative estimate of drug-likeness (QED) is 0.165. The van der Waals surface area contributed by atoms with Gasteiger partial charge < -0.3 is 9.32 Å². The molecular formula is C50H33NO. The second kappa shape index (κ2) is 12.5. The highest BCUT2D eigenvalue weighted by Gasteiger charge is 2.21. The van der Waals surface area contributed by atoms with E-state index >= 15 is 0 Å². The molecule has 0 aliphatic heterocycles. The molecule has 1 aromatic heterocycles. The molecule has 10 aromatic rings. The number of hydrogen-bond donors (Lipinski definition) is 0. The topological polar surface area (TPSA) is 16.4 Å². The Balaban J connectivity index is 1.18. The van der Waals surface area contributed by atoms with Gasteiger partial charge in [-0.3, -0.25) is 0 Å². The van der Waals surface area contributed by atoms with E-state index in [0.29, 0.717) is 0 Å². The molecule has 0 amide bonds. The van der Waals surface area contributed by atoms with Crippen LogP contribution in [0.1, 0.15) is 0 Å². The third kappa shape index (κ3) is 5.12. The zero-order chi connectivity index (χ0) is 34.4. The number of fused-ring (bicyclic) bond motifs is 5. The standard InChI is InChI=1S/C50H33NO/c1-2-13-34(14-3-1)44-20-9-10-23-47(44)51(40-27-28-42-37(32-40)26-25-35-15-4-6-19-41(35)42)48-30-29-43(45-21-7-8-22-46(45)48)36-17-12-18-38(31-36)50-33-39-16-5-11-24-49(39)52-50/h1-33H. The molecule has 0 aliphatic rings. The van der Waals surface area contributed by atoms with E-state index in [1.807, 2.05) is 18.2 Å². The monoisotopic (exact) mass is 663 g/mol. The van der Waals surface area contributed by atoms with Crippen molar-refractivity contribution in [1.29, 1.82) is 0 Å². The van der Waals surface area contributed by atoms with Crippen LogP contribution in [0.2, 0.25) is 0 Å². The molecule has 52 heavy (non-hydrogen) atoms. The third-order valence-corrected chi connectivity index (χ3v) is 10.2. The smallest absolute Gasteiger partial charge is 0.135 e. The second-order valence-electron chi connectivity index (χ2n) is 13.3. The summed E-state index contributed by atoms with van der Waals surface area (Å²) in [6, 6.07) is 71.8. The van der Waals surface area contributed by atoms with Crippen LogP contribution in [-0.2, 0) is 0 Å². The fourth-order valence-electron chi connectivity index (χ4n) is 7.77. The first kappa shape index (κ1) is 30.0. The molecule has 244 valence electrons. The van der Waals surface area contributed by atoms with Crippen LogP contribution in [0.5, 0.6) is 0 Å². The van der Waals surface area contributed by atoms with Crippen molar-refractivity contribution in [2.75, 3.05) is 4.90 Å². The summed E-state index contributed by atoms with van der Waals surface area (Å²) < 4.78 is 6.28. The lowest BCUT2D eigenvalue weighted by atomic mass is 9.94. The zero-order valence-electron chi connectivity index (χ0n) is 28.4. The Bertz CT molecular complexity index is 2890. The molecule has 9 aromatic carbocycles. The van der Waals surface area contributed by atoms with Crippen molar-refractivity contribution >= 4 is 60.3 Å². The van der Waals surface area contributed by atoms with Gasteiger partial charge in [0, 0.05) is 27.6 Å². The van der Waals surface area contributed by atoms with E-state index in [4.69, 9.17) is 4.42 Å². The molecule has 0 atom stereocenters. The van der Waals surface area contributed by atoms with Crippen LogP contribution in [0.3, 0.4) is 0 Å². The Hall–Kier alpha value is -6.90. The number of anilines is 3. The summed E-state index contributed by atoms with van der Waals surface area (Å²) in [7, 11) is 0. The first-order valence-corrected chi connectivity index (χ1v) is 17.8. The van der Waals surface area contributed by atoms with E-state index in [2.05, 4.69) is 187 Å². The van der Waals surface area contributed by atoms with Crippen molar-refractivity contribution < 1.29 is 4.42 Å². The summed E-state index contributed by atoms with van der Waals surface area (Å²) in [6.45, 7) is 0. The van der Waals surface area contributed by atoms with Gasteiger partial charge >= 0.3 is 0 Å². The predicted octanol–water partition coefficient (Wildman–Crippen LogP) is 14.4. The number of rotatable bonds is 6. The van der Waals surface area contributed by atoms with Gasteiger partial charge in [-0.15, -0.1) is 0 Å². The van der Waals surface area contributed by atoms with Crippen LogP contribution < -0.4 is 4.90 Å². The van der Waals surface area contributed by atoms with Crippen LogP contribution in [0, 0.1) is 0 Å². The summed E-state index contributed by atoms with van der Waals surface area (Å²) in [5.41, 5.74) is 9.99. The van der Waals surface area contributed by atoms with Crippen molar-refractivity contribution in [1.82, 2.24) is 0 Å². The molecular weight excluding hydrogens is 631 g/mol. The number of hydrogen-bond acceptors (Lipinski definition) is 2. The van der Waals surface area contributed by atoms with Gasteiger partial charge in [0.15, 0.2) is 0 Å². The van der Waals surface area contributed by atoms with E-state index in [-0.39, 0.29) is 0 Å². The first-order chi connectivity index (χ1) is 25.8. The Kier molecular flexibility index (Phi) is 7.18. The maximum Gasteiger partial charge on any atom is 0.135 e. The average Bonchev–Trinajstić information content (AvgIpc) is 3.66. The summed E-state index contributed by atoms with van der Waals surface area (Å²) in [4.78, 5) is 2.44. The molecule has 0 unspecified atom stereocenters. The SMILES string of the molecule is c1ccc(-c2ccccc2N(c2ccc3c(ccc4ccccc43)c2)c2ccc(-c3cccc(-c4cc5ccccc5o4)c3)c3ccccc23)cc1. The van der Waals surface area contributed by atoms with Crippen molar-refractivity contribution in [3.63, 3.8) is 0 Å². The van der Waals surface area contributed by atoms with Gasteiger partial charge in [-0.2, -0.15) is 0 Å². The molecule has 10 rings (SSSR count). The molecule has 0 N–H and O–H groups in total. The lowest BCUT2D eigenvalue weighted by Gasteiger charge is -2.30. The molecule has 2 heteroatoms. The highest BCUT2D eigenvalue weighted by molar-refractivity contribution is 6.11. The van der Waals surface area contributed by atoms with Crippen LogP contribution >= 0.6 is 0 Å². The summed E-state index contributed by atoms with van der Waals surface area (Å²) >= 11 is 0. The molecule has 0 aliphatic carbocycles. The minimum Gasteiger partial charge on any atom is -0.456 e. The summed E-state index contributed by atoms with van der Waals surface area (Å²) in [5, 5.41) is 8.45. The molecule has 0 spiro atoms. The number of furan rings is 1. The normalized spacial score (nSPS) is 11.5. The van der Waals surface area contributed by atoms with Gasteiger partial charge in [-0.1, -0.05) is 158 Å². The number of benzene rings is 9. The van der Waals surface area contributed by atoms with Gasteiger partial charge in [0.1, 0.15) is 11.3 Å². The molecule has 1 heterocycles. The number of para-hydroxylation sites is 2. The second-order valence-corrected chi connectivity index (χ2v) is 13.3. The van der Waals surface area contributed by atoms with Crippen LogP contribution in [-0.4, -0.2) is 0 Å². The summed E-state index contributed by atoms with van der Waals surface area (Å²) in [5.74, 6) is 0.872. The maximum absolute atomic E-state index is 6.28. The van der Waals surface area contributed by atoms with Crippen molar-refractivity contribution in [3.8, 4) is 33.6 Å². The average molecular weight is 664 g/mol. The maximum atomic E-state index is 6.28. The van der Waals surface area contributed by atoms with Gasteiger partial charge in [-0.05, 0) is 86.1 Å². The van der Waals surface area contributed by atoms with E-state index in [1.54, 1.807) is 0 Å². The minimum atomic E-state index is 0.872. The molecule has 0 bridgehead atoms. The Morgan fingerprint density at radius 3 is 1.88 bits per heavy atom. The molecule has 0 saturated carbocycles. The fourth-order valence-corrected chi connectivity index (χ4v) is 7.77.